The Morgan fingerprint density at radius 1 is 1.19 bits per heavy atom. The van der Waals surface area contributed by atoms with E-state index in [0.717, 1.165) is 17.0 Å². The van der Waals surface area contributed by atoms with E-state index >= 15 is 0 Å². The zero-order valence-corrected chi connectivity index (χ0v) is 9.12. The maximum Gasteiger partial charge on any atom is 0.416 e. The average Bonchev–Trinajstić information content (AvgIpc) is 2.63. The fourth-order valence-corrected chi connectivity index (χ4v) is 1.88. The summed E-state index contributed by atoms with van der Waals surface area (Å²) < 4.78 is 37.0. The van der Waals surface area contributed by atoms with Gasteiger partial charge < -0.3 is 0 Å². The van der Waals surface area contributed by atoms with Crippen LogP contribution in [0.1, 0.15) is 10.4 Å². The minimum absolute atomic E-state index is 0.645. The summed E-state index contributed by atoms with van der Waals surface area (Å²) in [6.45, 7) is 1.86. The van der Waals surface area contributed by atoms with E-state index in [0.29, 0.717) is 11.3 Å². The van der Waals surface area contributed by atoms with Gasteiger partial charge in [-0.2, -0.15) is 13.2 Å². The van der Waals surface area contributed by atoms with Crippen molar-refractivity contribution in [1.29, 1.82) is 0 Å². The molecule has 1 nitrogen and oxygen atoms in total. The van der Waals surface area contributed by atoms with Crippen LogP contribution in [0, 0.1) is 12.4 Å². The lowest BCUT2D eigenvalue weighted by atomic mass is 10.1. The number of aryl methyl sites for hydroxylation is 1. The number of thiazole rings is 1. The van der Waals surface area contributed by atoms with Crippen LogP contribution in [0.15, 0.2) is 24.3 Å². The third kappa shape index (κ3) is 2.09. The Kier molecular flexibility index (Phi) is 2.71. The van der Waals surface area contributed by atoms with Gasteiger partial charge in [0.1, 0.15) is 0 Å². The maximum atomic E-state index is 12.3. The van der Waals surface area contributed by atoms with Crippen LogP contribution in [0.2, 0.25) is 0 Å². The molecule has 5 heteroatoms. The van der Waals surface area contributed by atoms with Crippen molar-refractivity contribution in [2.24, 2.45) is 0 Å². The summed E-state index contributed by atoms with van der Waals surface area (Å²) in [7, 11) is 0. The first kappa shape index (κ1) is 11.1. The summed E-state index contributed by atoms with van der Waals surface area (Å²) >= 11 is 1.35. The van der Waals surface area contributed by atoms with Crippen LogP contribution < -0.4 is 0 Å². The molecule has 0 N–H and O–H groups in total. The third-order valence-corrected chi connectivity index (χ3v) is 2.86. The molecule has 16 heavy (non-hydrogen) atoms. The molecule has 0 bridgehead atoms. The summed E-state index contributed by atoms with van der Waals surface area (Å²) in [5.41, 5.74) is 3.44. The topological polar surface area (TPSA) is 12.9 Å². The summed E-state index contributed by atoms with van der Waals surface area (Å²) in [5, 5.41) is 0. The summed E-state index contributed by atoms with van der Waals surface area (Å²) in [6.07, 6.45) is -4.29. The van der Waals surface area contributed by atoms with E-state index in [-0.39, 0.29) is 0 Å². The lowest BCUT2D eigenvalue weighted by Crippen LogP contribution is -2.04. The molecule has 2 aromatic rings. The SMILES string of the molecule is Cc1s[c]nc1-c1ccc(C(F)(F)F)cc1. The Labute approximate surface area is 94.6 Å². The van der Waals surface area contributed by atoms with Gasteiger partial charge in [0.15, 0.2) is 5.51 Å². The van der Waals surface area contributed by atoms with Gasteiger partial charge in [-0.3, -0.25) is 0 Å². The molecule has 2 rings (SSSR count). The molecule has 0 aliphatic carbocycles. The minimum Gasteiger partial charge on any atom is -0.233 e. The number of alkyl halides is 3. The Morgan fingerprint density at radius 3 is 2.25 bits per heavy atom. The Hall–Kier alpha value is -1.36. The average molecular weight is 242 g/mol. The monoisotopic (exact) mass is 242 g/mol. The Balaban J connectivity index is 2.37. The summed E-state index contributed by atoms with van der Waals surface area (Å²) in [5.74, 6) is 0. The minimum atomic E-state index is -4.29. The molecule has 0 aliphatic rings. The van der Waals surface area contributed by atoms with Gasteiger partial charge >= 0.3 is 6.18 Å². The van der Waals surface area contributed by atoms with Gasteiger partial charge in [-0.25, -0.2) is 4.98 Å². The number of rotatable bonds is 1. The van der Waals surface area contributed by atoms with Gasteiger partial charge in [0.2, 0.25) is 0 Å². The molecule has 1 aromatic carbocycles. The molecule has 0 unspecified atom stereocenters. The van der Waals surface area contributed by atoms with E-state index < -0.39 is 11.7 Å². The number of hydrogen-bond acceptors (Lipinski definition) is 2. The van der Waals surface area contributed by atoms with Crippen molar-refractivity contribution >= 4 is 11.3 Å². The lowest BCUT2D eigenvalue weighted by molar-refractivity contribution is -0.137. The fraction of sp³-hybridized carbons (Fsp3) is 0.182. The highest BCUT2D eigenvalue weighted by Crippen LogP contribution is 2.31. The van der Waals surface area contributed by atoms with E-state index in [1.165, 1.54) is 23.5 Å². The summed E-state index contributed by atoms with van der Waals surface area (Å²) in [4.78, 5) is 4.93. The number of aromatic nitrogens is 1. The van der Waals surface area contributed by atoms with E-state index in [2.05, 4.69) is 10.5 Å². The Bertz CT molecular complexity index is 485. The molecule has 0 fully saturated rings. The molecule has 0 amide bonds. The molecule has 1 radical (unpaired) electrons. The second kappa shape index (κ2) is 3.90. The first-order valence-electron chi connectivity index (χ1n) is 4.49. The second-order valence-electron chi connectivity index (χ2n) is 3.29. The zero-order chi connectivity index (χ0) is 11.8. The quantitative estimate of drug-likeness (QED) is 0.738. The molecule has 83 valence electrons. The normalized spacial score (nSPS) is 11.8. The van der Waals surface area contributed by atoms with Crippen molar-refractivity contribution in [3.05, 3.63) is 40.2 Å². The molecule has 0 aliphatic heterocycles. The predicted molar refractivity (Wildman–Crippen MR) is 56.1 cm³/mol. The van der Waals surface area contributed by atoms with E-state index in [1.54, 1.807) is 0 Å². The molecule has 1 aromatic heterocycles. The first-order chi connectivity index (χ1) is 7.48. The van der Waals surface area contributed by atoms with Crippen LogP contribution in [-0.4, -0.2) is 4.98 Å². The largest absolute Gasteiger partial charge is 0.416 e. The molecule has 1 heterocycles. The predicted octanol–water partition coefficient (Wildman–Crippen LogP) is 3.94. The van der Waals surface area contributed by atoms with Crippen LogP contribution in [-0.2, 0) is 6.18 Å². The highest BCUT2D eigenvalue weighted by Gasteiger charge is 2.30. The Morgan fingerprint density at radius 2 is 1.81 bits per heavy atom. The number of benzene rings is 1. The first-order valence-corrected chi connectivity index (χ1v) is 5.31. The van der Waals surface area contributed by atoms with Crippen molar-refractivity contribution in [2.75, 3.05) is 0 Å². The van der Waals surface area contributed by atoms with Crippen molar-refractivity contribution in [2.45, 2.75) is 13.1 Å². The van der Waals surface area contributed by atoms with E-state index in [4.69, 9.17) is 0 Å². The van der Waals surface area contributed by atoms with Gasteiger partial charge in [0.05, 0.1) is 11.3 Å². The second-order valence-corrected chi connectivity index (χ2v) is 4.28. The van der Waals surface area contributed by atoms with Crippen molar-refractivity contribution < 1.29 is 13.2 Å². The van der Waals surface area contributed by atoms with Gasteiger partial charge in [-0.1, -0.05) is 12.1 Å². The standard InChI is InChI=1S/C11H7F3NS/c1-7-10(15-6-16-7)8-2-4-9(5-3-8)11(12,13)14/h2-5H,1H3. The molecule has 0 atom stereocenters. The maximum absolute atomic E-state index is 12.3. The van der Waals surface area contributed by atoms with E-state index in [9.17, 15) is 13.2 Å². The van der Waals surface area contributed by atoms with Crippen LogP contribution in [0.5, 0.6) is 0 Å². The van der Waals surface area contributed by atoms with Gasteiger partial charge in [-0.05, 0) is 19.1 Å². The molecule has 0 saturated carbocycles. The summed E-state index contributed by atoms with van der Waals surface area (Å²) in [6, 6.07) is 4.99. The molecule has 0 spiro atoms. The van der Waals surface area contributed by atoms with Crippen LogP contribution in [0.4, 0.5) is 13.2 Å². The zero-order valence-electron chi connectivity index (χ0n) is 8.30. The van der Waals surface area contributed by atoms with Crippen LogP contribution >= 0.6 is 11.3 Å². The number of halogens is 3. The highest BCUT2D eigenvalue weighted by atomic mass is 32.1. The van der Waals surface area contributed by atoms with Crippen LogP contribution in [0.3, 0.4) is 0 Å². The smallest absolute Gasteiger partial charge is 0.233 e. The van der Waals surface area contributed by atoms with Crippen molar-refractivity contribution in [3.8, 4) is 11.3 Å². The third-order valence-electron chi connectivity index (χ3n) is 2.18. The highest BCUT2D eigenvalue weighted by molar-refractivity contribution is 7.09. The van der Waals surface area contributed by atoms with Crippen molar-refractivity contribution in [3.63, 3.8) is 0 Å². The number of nitrogens with zero attached hydrogens (tertiary/aromatic N) is 1. The molecular weight excluding hydrogens is 235 g/mol. The fourth-order valence-electron chi connectivity index (χ4n) is 1.35. The van der Waals surface area contributed by atoms with Crippen molar-refractivity contribution in [1.82, 2.24) is 4.98 Å². The molecular formula is C11H7F3NS. The van der Waals surface area contributed by atoms with Gasteiger partial charge in [0.25, 0.3) is 0 Å². The van der Waals surface area contributed by atoms with E-state index in [1.807, 2.05) is 6.92 Å². The number of hydrogen-bond donors (Lipinski definition) is 0. The van der Waals surface area contributed by atoms with Crippen LogP contribution in [0.25, 0.3) is 11.3 Å². The molecule has 0 saturated heterocycles. The van der Waals surface area contributed by atoms with Gasteiger partial charge in [0, 0.05) is 10.4 Å². The van der Waals surface area contributed by atoms with Gasteiger partial charge in [-0.15, -0.1) is 11.3 Å². The lowest BCUT2D eigenvalue weighted by Gasteiger charge is -2.06.